The zero-order valence-corrected chi connectivity index (χ0v) is 16.0. The van der Waals surface area contributed by atoms with Gasteiger partial charge in [-0.15, -0.1) is 0 Å². The molecule has 1 atom stereocenters. The molecule has 0 aliphatic carbocycles. The highest BCUT2D eigenvalue weighted by atomic mass is 35.5. The molecule has 0 aliphatic heterocycles. The Bertz CT molecular complexity index is 1200. The van der Waals surface area contributed by atoms with Crippen molar-refractivity contribution in [1.29, 1.82) is 0 Å². The lowest BCUT2D eigenvalue weighted by Gasteiger charge is -2.12. The first-order chi connectivity index (χ1) is 14.0. The molecule has 0 saturated carbocycles. The van der Waals surface area contributed by atoms with E-state index in [1.54, 1.807) is 31.3 Å². The summed E-state index contributed by atoms with van der Waals surface area (Å²) in [6.45, 7) is 1.22. The van der Waals surface area contributed by atoms with Gasteiger partial charge in [0.05, 0.1) is 12.2 Å². The van der Waals surface area contributed by atoms with Crippen molar-refractivity contribution in [3.63, 3.8) is 0 Å². The van der Waals surface area contributed by atoms with Gasteiger partial charge in [-0.3, -0.25) is 4.79 Å². The number of aryl methyl sites for hydroxylation is 1. The number of hydrogen-bond acceptors (Lipinski definition) is 5. The number of H-pyrrole nitrogens is 1. The number of aliphatic hydroxyl groups excluding tert-OH is 1. The minimum absolute atomic E-state index is 0.000233. The van der Waals surface area contributed by atoms with Gasteiger partial charge in [0, 0.05) is 27.7 Å². The van der Waals surface area contributed by atoms with Crippen LogP contribution >= 0.6 is 11.6 Å². The first kappa shape index (κ1) is 19.1. The molecular formula is C20H16ClFN4O3. The molecule has 0 fully saturated rings. The smallest absolute Gasteiger partial charge is 0.254 e. The molecule has 9 heteroatoms. The summed E-state index contributed by atoms with van der Waals surface area (Å²) in [6.07, 6.45) is 1.71. The second-order valence-electron chi connectivity index (χ2n) is 6.54. The van der Waals surface area contributed by atoms with Crippen LogP contribution in [0.3, 0.4) is 0 Å². The first-order valence-corrected chi connectivity index (χ1v) is 9.12. The van der Waals surface area contributed by atoms with Gasteiger partial charge in [-0.05, 0) is 42.8 Å². The molecule has 1 amide bonds. The zero-order valence-electron chi connectivity index (χ0n) is 15.2. The van der Waals surface area contributed by atoms with Gasteiger partial charge in [-0.1, -0.05) is 22.8 Å². The summed E-state index contributed by atoms with van der Waals surface area (Å²) in [5.41, 5.74) is 2.06. The molecule has 1 unspecified atom stereocenters. The number of rotatable bonds is 5. The number of carbonyl (C=O) groups excluding carboxylic acids is 1. The van der Waals surface area contributed by atoms with Crippen molar-refractivity contribution >= 4 is 28.4 Å². The molecule has 0 bridgehead atoms. The number of aromatic amines is 1. The van der Waals surface area contributed by atoms with Crippen LogP contribution in [-0.4, -0.2) is 32.7 Å². The van der Waals surface area contributed by atoms with Crippen molar-refractivity contribution in [3.8, 4) is 11.4 Å². The number of aromatic nitrogens is 3. The molecule has 0 aliphatic rings. The maximum atomic E-state index is 14.0. The Balaban J connectivity index is 1.60. The lowest BCUT2D eigenvalue weighted by Crippen LogP contribution is -2.31. The number of hydrogen-bond donors (Lipinski definition) is 3. The van der Waals surface area contributed by atoms with E-state index in [0.717, 1.165) is 10.9 Å². The lowest BCUT2D eigenvalue weighted by molar-refractivity contribution is 0.0897. The maximum absolute atomic E-state index is 14.0. The molecule has 0 spiro atoms. The average Bonchev–Trinajstić information content (AvgIpc) is 3.32. The Morgan fingerprint density at radius 1 is 1.34 bits per heavy atom. The highest BCUT2D eigenvalue weighted by Gasteiger charge is 2.24. The van der Waals surface area contributed by atoms with Crippen LogP contribution in [0.2, 0.25) is 5.02 Å². The number of amides is 1. The predicted octanol–water partition coefficient (Wildman–Crippen LogP) is 3.78. The van der Waals surface area contributed by atoms with Gasteiger partial charge in [-0.2, -0.15) is 4.98 Å². The van der Waals surface area contributed by atoms with E-state index in [4.69, 9.17) is 16.1 Å². The summed E-state index contributed by atoms with van der Waals surface area (Å²) in [4.78, 5) is 19.8. The van der Waals surface area contributed by atoms with Crippen molar-refractivity contribution < 1.29 is 18.8 Å². The quantitative estimate of drug-likeness (QED) is 0.461. The minimum atomic E-state index is -0.988. The minimum Gasteiger partial charge on any atom is -0.394 e. The fraction of sp³-hybridized carbons (Fsp3) is 0.150. The Labute approximate surface area is 169 Å². The Morgan fingerprint density at radius 2 is 2.17 bits per heavy atom. The molecule has 4 aromatic rings. The van der Waals surface area contributed by atoms with E-state index in [1.807, 2.05) is 6.07 Å². The van der Waals surface area contributed by atoms with Gasteiger partial charge < -0.3 is 19.9 Å². The third kappa shape index (κ3) is 3.72. The lowest BCUT2D eigenvalue weighted by atomic mass is 10.1. The SMILES string of the molecule is Cc1ccc(C(=O)NC(CO)c2nc(-c3c[nH]c4ccc(Cl)cc34)no2)c(F)c1. The predicted molar refractivity (Wildman–Crippen MR) is 105 cm³/mol. The van der Waals surface area contributed by atoms with Crippen LogP contribution in [0, 0.1) is 12.7 Å². The molecule has 3 N–H and O–H groups in total. The van der Waals surface area contributed by atoms with Gasteiger partial charge in [-0.25, -0.2) is 4.39 Å². The molecular weight excluding hydrogens is 399 g/mol. The second kappa shape index (κ2) is 7.65. The van der Waals surface area contributed by atoms with Crippen molar-refractivity contribution in [2.45, 2.75) is 13.0 Å². The highest BCUT2D eigenvalue weighted by molar-refractivity contribution is 6.31. The van der Waals surface area contributed by atoms with Crippen LogP contribution in [0.4, 0.5) is 4.39 Å². The van der Waals surface area contributed by atoms with E-state index in [9.17, 15) is 14.3 Å². The second-order valence-corrected chi connectivity index (χ2v) is 6.98. The van der Waals surface area contributed by atoms with E-state index in [1.165, 1.54) is 12.1 Å². The normalized spacial score (nSPS) is 12.3. The average molecular weight is 415 g/mol. The largest absolute Gasteiger partial charge is 0.394 e. The van der Waals surface area contributed by atoms with E-state index in [0.29, 0.717) is 16.1 Å². The van der Waals surface area contributed by atoms with E-state index >= 15 is 0 Å². The molecule has 2 aromatic carbocycles. The summed E-state index contributed by atoms with van der Waals surface area (Å²) < 4.78 is 19.3. The highest BCUT2D eigenvalue weighted by Crippen LogP contribution is 2.29. The fourth-order valence-corrected chi connectivity index (χ4v) is 3.16. The summed E-state index contributed by atoms with van der Waals surface area (Å²) >= 11 is 6.06. The monoisotopic (exact) mass is 414 g/mol. The first-order valence-electron chi connectivity index (χ1n) is 8.74. The Morgan fingerprint density at radius 3 is 2.93 bits per heavy atom. The number of benzene rings is 2. The van der Waals surface area contributed by atoms with Gasteiger partial charge >= 0.3 is 0 Å². The summed E-state index contributed by atoms with van der Waals surface area (Å²) in [7, 11) is 0. The van der Waals surface area contributed by atoms with Crippen LogP contribution in [0.15, 0.2) is 47.1 Å². The van der Waals surface area contributed by atoms with Gasteiger partial charge in [0.25, 0.3) is 11.8 Å². The van der Waals surface area contributed by atoms with Crippen LogP contribution in [0.25, 0.3) is 22.3 Å². The molecule has 2 heterocycles. The number of aliphatic hydroxyl groups is 1. The molecule has 148 valence electrons. The van der Waals surface area contributed by atoms with Crippen molar-refractivity contribution in [3.05, 3.63) is 70.5 Å². The zero-order chi connectivity index (χ0) is 20.5. The molecule has 2 aromatic heterocycles. The van der Waals surface area contributed by atoms with E-state index in [-0.39, 0.29) is 17.3 Å². The van der Waals surface area contributed by atoms with Crippen LogP contribution in [0.1, 0.15) is 27.9 Å². The van der Waals surface area contributed by atoms with E-state index < -0.39 is 24.4 Å². The van der Waals surface area contributed by atoms with Crippen LogP contribution in [0.5, 0.6) is 0 Å². The standard InChI is InChI=1S/C20H16ClFN4O3/c1-10-2-4-12(15(22)6-10)19(28)24-17(9-27)20-25-18(26-29-20)14-8-23-16-5-3-11(21)7-13(14)16/h2-8,17,23,27H,9H2,1H3,(H,24,28). The fourth-order valence-electron chi connectivity index (χ4n) is 2.99. The molecule has 7 nitrogen and oxygen atoms in total. The summed E-state index contributed by atoms with van der Waals surface area (Å²) in [5.74, 6) is -1.08. The maximum Gasteiger partial charge on any atom is 0.254 e. The number of carbonyl (C=O) groups is 1. The molecule has 0 radical (unpaired) electrons. The van der Waals surface area contributed by atoms with Crippen molar-refractivity contribution in [2.75, 3.05) is 6.61 Å². The number of halogens is 2. The van der Waals surface area contributed by atoms with Gasteiger partial charge in [0.2, 0.25) is 5.82 Å². The Kier molecular flexibility index (Phi) is 5.04. The number of nitrogens with zero attached hydrogens (tertiary/aromatic N) is 2. The third-order valence-electron chi connectivity index (χ3n) is 4.48. The number of fused-ring (bicyclic) bond motifs is 1. The molecule has 4 rings (SSSR count). The van der Waals surface area contributed by atoms with Crippen molar-refractivity contribution in [2.24, 2.45) is 0 Å². The van der Waals surface area contributed by atoms with E-state index in [2.05, 4.69) is 20.4 Å². The Hall–Kier alpha value is -3.23. The van der Waals surface area contributed by atoms with Gasteiger partial charge in [0.1, 0.15) is 11.9 Å². The number of nitrogens with one attached hydrogen (secondary N) is 2. The third-order valence-corrected chi connectivity index (χ3v) is 4.72. The summed E-state index contributed by atoms with van der Waals surface area (Å²) in [6, 6.07) is 8.63. The topological polar surface area (TPSA) is 104 Å². The van der Waals surface area contributed by atoms with Crippen molar-refractivity contribution in [1.82, 2.24) is 20.4 Å². The van der Waals surface area contributed by atoms with Gasteiger partial charge in [0.15, 0.2) is 0 Å². The van der Waals surface area contributed by atoms with Crippen LogP contribution < -0.4 is 5.32 Å². The summed E-state index contributed by atoms with van der Waals surface area (Å²) in [5, 5.41) is 17.5. The molecule has 0 saturated heterocycles. The molecule has 29 heavy (non-hydrogen) atoms. The van der Waals surface area contributed by atoms with Crippen LogP contribution in [-0.2, 0) is 0 Å².